The predicted molar refractivity (Wildman–Crippen MR) is 69.0 cm³/mol. The van der Waals surface area contributed by atoms with E-state index in [1.807, 2.05) is 13.3 Å². The van der Waals surface area contributed by atoms with E-state index in [4.69, 9.17) is 0 Å². The second-order valence-electron chi connectivity index (χ2n) is 5.43. The van der Waals surface area contributed by atoms with Gasteiger partial charge in [0, 0.05) is 5.69 Å². The Balaban J connectivity index is 2.15. The van der Waals surface area contributed by atoms with Crippen molar-refractivity contribution in [2.75, 3.05) is 0 Å². The Labute approximate surface area is 104 Å². The molecule has 3 heteroatoms. The fraction of sp³-hybridized carbons (Fsp3) is 0.786. The monoisotopic (exact) mass is 236 g/mol. The molecule has 0 amide bonds. The molecule has 1 aliphatic rings. The summed E-state index contributed by atoms with van der Waals surface area (Å²) in [4.78, 5) is 4.35. The average Bonchev–Trinajstić information content (AvgIpc) is 2.63. The molecule has 0 saturated heterocycles. The van der Waals surface area contributed by atoms with Gasteiger partial charge < -0.3 is 9.67 Å². The van der Waals surface area contributed by atoms with Crippen LogP contribution in [0.5, 0.6) is 0 Å². The zero-order valence-electron chi connectivity index (χ0n) is 11.2. The predicted octanol–water partition coefficient (Wildman–Crippen LogP) is 3.00. The van der Waals surface area contributed by atoms with Gasteiger partial charge in [-0.1, -0.05) is 19.8 Å². The Morgan fingerprint density at radius 1 is 1.41 bits per heavy atom. The van der Waals surface area contributed by atoms with Crippen LogP contribution in [0.15, 0.2) is 6.33 Å². The molecule has 3 unspecified atom stereocenters. The second kappa shape index (κ2) is 5.21. The first kappa shape index (κ1) is 12.6. The van der Waals surface area contributed by atoms with Gasteiger partial charge in [0.2, 0.25) is 0 Å². The maximum atomic E-state index is 10.2. The molecule has 96 valence electrons. The van der Waals surface area contributed by atoms with Crippen molar-refractivity contribution in [3.63, 3.8) is 0 Å². The molecule has 1 saturated carbocycles. The molecule has 17 heavy (non-hydrogen) atoms. The highest BCUT2D eigenvalue weighted by atomic mass is 16.3. The van der Waals surface area contributed by atoms with Crippen LogP contribution in [0.25, 0.3) is 0 Å². The molecule has 0 bridgehead atoms. The van der Waals surface area contributed by atoms with Gasteiger partial charge in [-0.25, -0.2) is 4.98 Å². The van der Waals surface area contributed by atoms with Crippen LogP contribution < -0.4 is 0 Å². The van der Waals surface area contributed by atoms with Crippen molar-refractivity contribution in [1.82, 2.24) is 9.55 Å². The van der Waals surface area contributed by atoms with E-state index in [-0.39, 0.29) is 12.1 Å². The fourth-order valence-corrected chi connectivity index (χ4v) is 3.03. The Bertz CT molecular complexity index is 372. The van der Waals surface area contributed by atoms with Crippen molar-refractivity contribution in [2.45, 2.75) is 65.0 Å². The summed E-state index contributed by atoms with van der Waals surface area (Å²) < 4.78 is 2.18. The van der Waals surface area contributed by atoms with Crippen LogP contribution in [0.1, 0.15) is 56.5 Å². The minimum absolute atomic E-state index is 0.199. The van der Waals surface area contributed by atoms with Crippen LogP contribution in [0, 0.1) is 19.8 Å². The third-order valence-corrected chi connectivity index (χ3v) is 4.23. The molecule has 3 atom stereocenters. The van der Waals surface area contributed by atoms with Gasteiger partial charge in [0.15, 0.2) is 0 Å². The van der Waals surface area contributed by atoms with E-state index in [9.17, 15) is 5.11 Å². The molecule has 3 nitrogen and oxygen atoms in total. The highest BCUT2D eigenvalue weighted by molar-refractivity contribution is 5.10. The number of rotatable bonds is 3. The van der Waals surface area contributed by atoms with Crippen molar-refractivity contribution >= 4 is 0 Å². The number of hydrogen-bond donors (Lipinski definition) is 1. The van der Waals surface area contributed by atoms with Gasteiger partial charge in [0.25, 0.3) is 0 Å². The fourth-order valence-electron chi connectivity index (χ4n) is 3.03. The minimum Gasteiger partial charge on any atom is -0.391 e. The number of aryl methyl sites for hydroxylation is 1. The summed E-state index contributed by atoms with van der Waals surface area (Å²) in [6.45, 7) is 6.37. The number of aliphatic hydroxyl groups is 1. The van der Waals surface area contributed by atoms with Gasteiger partial charge in [0.05, 0.1) is 24.2 Å². The number of aliphatic hydroxyl groups excluding tert-OH is 1. The van der Waals surface area contributed by atoms with Gasteiger partial charge in [-0.3, -0.25) is 0 Å². The second-order valence-corrected chi connectivity index (χ2v) is 5.43. The van der Waals surface area contributed by atoms with Crippen LogP contribution in [0.2, 0.25) is 0 Å². The Hall–Kier alpha value is -0.830. The van der Waals surface area contributed by atoms with E-state index in [1.54, 1.807) is 0 Å². The van der Waals surface area contributed by atoms with Gasteiger partial charge in [-0.05, 0) is 39.0 Å². The van der Waals surface area contributed by atoms with E-state index in [0.29, 0.717) is 0 Å². The van der Waals surface area contributed by atoms with E-state index in [0.717, 1.165) is 24.5 Å². The molecule has 1 heterocycles. The third kappa shape index (κ3) is 2.54. The number of aromatic nitrogens is 2. The highest BCUT2D eigenvalue weighted by Gasteiger charge is 2.30. The minimum atomic E-state index is -0.199. The lowest BCUT2D eigenvalue weighted by atomic mass is 9.81. The van der Waals surface area contributed by atoms with Crippen LogP contribution in [0.4, 0.5) is 0 Å². The van der Waals surface area contributed by atoms with Crippen LogP contribution in [-0.2, 0) is 0 Å². The molecule has 1 fully saturated rings. The van der Waals surface area contributed by atoms with Crippen LogP contribution in [0.3, 0.4) is 0 Å². The lowest BCUT2D eigenvalue weighted by Gasteiger charge is -2.34. The molecule has 0 radical (unpaired) electrons. The Morgan fingerprint density at radius 2 is 2.18 bits per heavy atom. The molecule has 1 aromatic rings. The molecule has 1 aromatic heterocycles. The van der Waals surface area contributed by atoms with E-state index >= 15 is 0 Å². The Morgan fingerprint density at radius 3 is 2.76 bits per heavy atom. The van der Waals surface area contributed by atoms with E-state index in [2.05, 4.69) is 23.4 Å². The van der Waals surface area contributed by atoms with Gasteiger partial charge >= 0.3 is 0 Å². The summed E-state index contributed by atoms with van der Waals surface area (Å²) >= 11 is 0. The molecular weight excluding hydrogens is 212 g/mol. The third-order valence-electron chi connectivity index (χ3n) is 4.23. The summed E-state index contributed by atoms with van der Waals surface area (Å²) in [5, 5.41) is 10.2. The molecule has 0 aromatic carbocycles. The molecule has 1 aliphatic carbocycles. The van der Waals surface area contributed by atoms with Crippen LogP contribution >= 0.6 is 0 Å². The SMILES string of the molecule is CCCC1CCC(O)C(n2cnc(C)c2C)C1. The largest absolute Gasteiger partial charge is 0.391 e. The smallest absolute Gasteiger partial charge is 0.0954 e. The van der Waals surface area contributed by atoms with Crippen LogP contribution in [-0.4, -0.2) is 20.8 Å². The van der Waals surface area contributed by atoms with Gasteiger partial charge in [0.1, 0.15) is 0 Å². The maximum absolute atomic E-state index is 10.2. The number of imidazole rings is 1. The van der Waals surface area contributed by atoms with E-state index in [1.165, 1.54) is 25.0 Å². The average molecular weight is 236 g/mol. The van der Waals surface area contributed by atoms with Crippen molar-refractivity contribution in [1.29, 1.82) is 0 Å². The zero-order valence-corrected chi connectivity index (χ0v) is 11.2. The van der Waals surface area contributed by atoms with Gasteiger partial charge in [-0.15, -0.1) is 0 Å². The summed E-state index contributed by atoms with van der Waals surface area (Å²) in [6, 6.07) is 0.237. The van der Waals surface area contributed by atoms with E-state index < -0.39 is 0 Å². The topological polar surface area (TPSA) is 38.0 Å². The summed E-state index contributed by atoms with van der Waals surface area (Å²) in [6.07, 6.45) is 7.45. The van der Waals surface area contributed by atoms with Crippen molar-refractivity contribution in [2.24, 2.45) is 5.92 Å². The van der Waals surface area contributed by atoms with Crippen molar-refractivity contribution in [3.8, 4) is 0 Å². The number of hydrogen-bond acceptors (Lipinski definition) is 2. The number of nitrogens with zero attached hydrogens (tertiary/aromatic N) is 2. The Kier molecular flexibility index (Phi) is 3.87. The summed E-state index contributed by atoms with van der Waals surface area (Å²) in [5.74, 6) is 0.774. The van der Waals surface area contributed by atoms with Crippen molar-refractivity contribution in [3.05, 3.63) is 17.7 Å². The normalized spacial score (nSPS) is 29.5. The quantitative estimate of drug-likeness (QED) is 0.876. The highest BCUT2D eigenvalue weighted by Crippen LogP contribution is 2.36. The molecule has 0 spiro atoms. The van der Waals surface area contributed by atoms with Gasteiger partial charge in [-0.2, -0.15) is 0 Å². The summed E-state index contributed by atoms with van der Waals surface area (Å²) in [7, 11) is 0. The standard InChI is InChI=1S/C14H24N2O/c1-4-5-12-6-7-14(17)13(8-12)16-9-15-10(2)11(16)3/h9,12-14,17H,4-8H2,1-3H3. The van der Waals surface area contributed by atoms with Crippen molar-refractivity contribution < 1.29 is 5.11 Å². The molecule has 1 N–H and O–H groups in total. The first-order chi connectivity index (χ1) is 8.13. The lowest BCUT2D eigenvalue weighted by Crippen LogP contribution is -2.31. The summed E-state index contributed by atoms with van der Waals surface area (Å²) in [5.41, 5.74) is 2.28. The zero-order chi connectivity index (χ0) is 12.4. The molecule has 2 rings (SSSR count). The maximum Gasteiger partial charge on any atom is 0.0954 e. The molecular formula is C14H24N2O. The first-order valence-electron chi connectivity index (χ1n) is 6.81. The first-order valence-corrected chi connectivity index (χ1v) is 6.81. The lowest BCUT2D eigenvalue weighted by molar-refractivity contribution is 0.0512. The molecule has 0 aliphatic heterocycles.